The monoisotopic (exact) mass is 311 g/mol. The number of hydrogen-bond donors (Lipinski definition) is 2. The van der Waals surface area contributed by atoms with Crippen molar-refractivity contribution in [2.75, 3.05) is 31.8 Å². The number of anilines is 2. The second-order valence-corrected chi connectivity index (χ2v) is 5.86. The van der Waals surface area contributed by atoms with Crippen LogP contribution < -0.4 is 15.8 Å². The molecule has 21 heavy (non-hydrogen) atoms. The number of nitrogen functional groups attached to an aromatic ring is 1. The molecule has 1 aliphatic rings. The minimum atomic E-state index is -0.0344. The minimum absolute atomic E-state index is 0.0344. The lowest BCUT2D eigenvalue weighted by molar-refractivity contribution is -0.117. The van der Waals surface area contributed by atoms with Crippen molar-refractivity contribution in [2.45, 2.75) is 31.7 Å². The zero-order chi connectivity index (χ0) is 15.4. The summed E-state index contributed by atoms with van der Waals surface area (Å²) in [4.78, 5) is 14.5. The lowest BCUT2D eigenvalue weighted by Crippen LogP contribution is -2.38. The summed E-state index contributed by atoms with van der Waals surface area (Å²) in [5, 5.41) is 3.27. The molecule has 6 heteroatoms. The van der Waals surface area contributed by atoms with Gasteiger partial charge >= 0.3 is 0 Å². The predicted molar refractivity (Wildman–Crippen MR) is 85.9 cm³/mol. The largest absolute Gasteiger partial charge is 0.494 e. The van der Waals surface area contributed by atoms with Crippen molar-refractivity contribution >= 4 is 28.9 Å². The summed E-state index contributed by atoms with van der Waals surface area (Å²) in [6.45, 7) is 1.05. The van der Waals surface area contributed by atoms with Crippen molar-refractivity contribution in [3.05, 3.63) is 17.2 Å². The topological polar surface area (TPSA) is 67.6 Å². The van der Waals surface area contributed by atoms with Crippen LogP contribution in [0.15, 0.2) is 12.1 Å². The van der Waals surface area contributed by atoms with Gasteiger partial charge in [0.2, 0.25) is 5.91 Å². The highest BCUT2D eigenvalue weighted by Crippen LogP contribution is 2.33. The number of nitrogens with two attached hydrogens (primary N) is 1. The molecule has 1 amide bonds. The number of nitrogens with zero attached hydrogens (tertiary/aromatic N) is 1. The summed E-state index contributed by atoms with van der Waals surface area (Å²) in [5.74, 6) is 0.482. The van der Waals surface area contributed by atoms with Crippen molar-refractivity contribution < 1.29 is 9.53 Å². The molecule has 1 aromatic rings. The van der Waals surface area contributed by atoms with E-state index in [1.165, 1.54) is 20.0 Å². The number of carbonyl (C=O) groups excluding carboxylic acids is 1. The number of ether oxygens (including phenoxy) is 1. The van der Waals surface area contributed by atoms with Gasteiger partial charge in [-0.15, -0.1) is 0 Å². The van der Waals surface area contributed by atoms with Crippen molar-refractivity contribution in [1.29, 1.82) is 0 Å². The molecule has 5 nitrogen and oxygen atoms in total. The molecule has 1 aliphatic heterocycles. The van der Waals surface area contributed by atoms with Gasteiger partial charge in [-0.3, -0.25) is 4.79 Å². The van der Waals surface area contributed by atoms with Crippen molar-refractivity contribution in [1.82, 2.24) is 4.90 Å². The van der Waals surface area contributed by atoms with Gasteiger partial charge in [0, 0.05) is 18.5 Å². The zero-order valence-corrected chi connectivity index (χ0v) is 13.2. The number of amides is 1. The van der Waals surface area contributed by atoms with Crippen LogP contribution >= 0.6 is 11.6 Å². The van der Waals surface area contributed by atoms with Gasteiger partial charge in [0.1, 0.15) is 5.75 Å². The number of benzene rings is 1. The Morgan fingerprint density at radius 3 is 2.95 bits per heavy atom. The molecule has 0 bridgehead atoms. The molecule has 0 spiro atoms. The molecule has 1 heterocycles. The molecule has 116 valence electrons. The highest BCUT2D eigenvalue weighted by Gasteiger charge is 2.22. The number of likely N-dealkylation sites (tertiary alicyclic amines) is 1. The van der Waals surface area contributed by atoms with Gasteiger partial charge in [-0.2, -0.15) is 0 Å². The van der Waals surface area contributed by atoms with Crippen molar-refractivity contribution in [3.63, 3.8) is 0 Å². The lowest BCUT2D eigenvalue weighted by Gasteiger charge is -2.32. The summed E-state index contributed by atoms with van der Waals surface area (Å²) in [7, 11) is 3.60. The number of piperidine rings is 1. The van der Waals surface area contributed by atoms with Gasteiger partial charge in [-0.05, 0) is 32.5 Å². The van der Waals surface area contributed by atoms with Crippen molar-refractivity contribution in [3.8, 4) is 5.75 Å². The molecule has 0 aliphatic carbocycles. The number of halogens is 1. The second kappa shape index (κ2) is 7.00. The molecule has 0 saturated carbocycles. The van der Waals surface area contributed by atoms with Crippen LogP contribution in [0.25, 0.3) is 0 Å². The van der Waals surface area contributed by atoms with E-state index in [-0.39, 0.29) is 5.91 Å². The Balaban J connectivity index is 2.03. The molecular formula is C15H22ClN3O2. The van der Waals surface area contributed by atoms with Crippen LogP contribution in [0.1, 0.15) is 25.7 Å². The Kier molecular flexibility index (Phi) is 5.31. The summed E-state index contributed by atoms with van der Waals surface area (Å²) in [5.41, 5.74) is 6.72. The third-order valence-corrected chi connectivity index (χ3v) is 4.26. The normalized spacial score (nSPS) is 19.3. The summed E-state index contributed by atoms with van der Waals surface area (Å²) in [6, 6.07) is 3.54. The maximum atomic E-state index is 12.2. The molecule has 1 fully saturated rings. The first-order valence-electron chi connectivity index (χ1n) is 7.14. The van der Waals surface area contributed by atoms with Crippen LogP contribution in [-0.4, -0.2) is 37.6 Å². The van der Waals surface area contributed by atoms with Crippen molar-refractivity contribution in [2.24, 2.45) is 0 Å². The second-order valence-electron chi connectivity index (χ2n) is 5.46. The Bertz CT molecular complexity index is 522. The lowest BCUT2D eigenvalue weighted by atomic mass is 10.00. The number of nitrogens with one attached hydrogen (secondary N) is 1. The predicted octanol–water partition coefficient (Wildman–Crippen LogP) is 2.74. The molecule has 1 aromatic carbocycles. The highest BCUT2D eigenvalue weighted by molar-refractivity contribution is 6.33. The van der Waals surface area contributed by atoms with Gasteiger partial charge in [0.15, 0.2) is 0 Å². The van der Waals surface area contributed by atoms with Crippen LogP contribution in [0.3, 0.4) is 0 Å². The van der Waals surface area contributed by atoms with Gasteiger partial charge in [-0.25, -0.2) is 0 Å². The Labute approximate surface area is 130 Å². The van der Waals surface area contributed by atoms with E-state index in [1.54, 1.807) is 12.1 Å². The fourth-order valence-corrected chi connectivity index (χ4v) is 2.82. The van der Waals surface area contributed by atoms with E-state index in [1.807, 2.05) is 0 Å². The summed E-state index contributed by atoms with van der Waals surface area (Å²) >= 11 is 6.00. The van der Waals surface area contributed by atoms with Gasteiger partial charge in [-0.1, -0.05) is 18.0 Å². The fraction of sp³-hybridized carbons (Fsp3) is 0.533. The highest BCUT2D eigenvalue weighted by atomic mass is 35.5. The summed E-state index contributed by atoms with van der Waals surface area (Å²) < 4.78 is 5.23. The van der Waals surface area contributed by atoms with E-state index >= 15 is 0 Å². The molecule has 1 unspecified atom stereocenters. The molecule has 0 aromatic heterocycles. The number of methoxy groups -OCH3 is 1. The van der Waals surface area contributed by atoms with Crippen LogP contribution in [-0.2, 0) is 4.79 Å². The molecular weight excluding hydrogens is 290 g/mol. The molecule has 1 saturated heterocycles. The quantitative estimate of drug-likeness (QED) is 0.839. The van der Waals surface area contributed by atoms with Crippen LogP contribution in [0.4, 0.5) is 11.4 Å². The van der Waals surface area contributed by atoms with E-state index < -0.39 is 0 Å². The average molecular weight is 312 g/mol. The van der Waals surface area contributed by atoms with Crippen LogP contribution in [0, 0.1) is 0 Å². The maximum Gasteiger partial charge on any atom is 0.226 e. The third-order valence-electron chi connectivity index (χ3n) is 3.94. The Morgan fingerprint density at radius 1 is 1.52 bits per heavy atom. The van der Waals surface area contributed by atoms with E-state index in [2.05, 4.69) is 17.3 Å². The standard InChI is InChI=1S/C15H22ClN3O2/c1-19-6-4-3-5-10(19)7-15(20)18-13-8-11(16)12(17)9-14(13)21-2/h8-10H,3-7,17H2,1-2H3,(H,18,20). The smallest absolute Gasteiger partial charge is 0.226 e. The molecule has 0 radical (unpaired) electrons. The summed E-state index contributed by atoms with van der Waals surface area (Å²) in [6.07, 6.45) is 3.92. The van der Waals surface area contributed by atoms with E-state index in [4.69, 9.17) is 22.1 Å². The van der Waals surface area contributed by atoms with E-state index in [0.717, 1.165) is 13.0 Å². The number of carbonyl (C=O) groups is 1. The SMILES string of the molecule is COc1cc(N)c(Cl)cc1NC(=O)CC1CCCCN1C. The van der Waals surface area contributed by atoms with E-state index in [0.29, 0.717) is 34.6 Å². The molecule has 1 atom stereocenters. The van der Waals surface area contributed by atoms with Gasteiger partial charge in [0.05, 0.1) is 23.5 Å². The van der Waals surface area contributed by atoms with Gasteiger partial charge in [0.25, 0.3) is 0 Å². The first kappa shape index (κ1) is 15.9. The Hall–Kier alpha value is -1.46. The number of hydrogen-bond acceptors (Lipinski definition) is 4. The molecule has 3 N–H and O–H groups in total. The average Bonchev–Trinajstić information content (AvgIpc) is 2.45. The van der Waals surface area contributed by atoms with Crippen LogP contribution in [0.2, 0.25) is 5.02 Å². The number of rotatable bonds is 4. The van der Waals surface area contributed by atoms with E-state index in [9.17, 15) is 4.79 Å². The van der Waals surface area contributed by atoms with Crippen LogP contribution in [0.5, 0.6) is 5.75 Å². The zero-order valence-electron chi connectivity index (χ0n) is 12.5. The van der Waals surface area contributed by atoms with Gasteiger partial charge < -0.3 is 20.7 Å². The fourth-order valence-electron chi connectivity index (χ4n) is 2.65. The third kappa shape index (κ3) is 4.02. The maximum absolute atomic E-state index is 12.2. The Morgan fingerprint density at radius 2 is 2.29 bits per heavy atom. The first-order valence-corrected chi connectivity index (χ1v) is 7.52. The molecule has 2 rings (SSSR count). The minimum Gasteiger partial charge on any atom is -0.494 e. The first-order chi connectivity index (χ1) is 10.0.